The van der Waals surface area contributed by atoms with Crippen molar-refractivity contribution in [1.82, 2.24) is 5.32 Å². The first kappa shape index (κ1) is 12.5. The Labute approximate surface area is 116 Å². The van der Waals surface area contributed by atoms with Crippen LogP contribution in [0.4, 0.5) is 0 Å². The molecule has 0 aromatic heterocycles. The van der Waals surface area contributed by atoms with Crippen molar-refractivity contribution in [3.05, 3.63) is 53.2 Å². The summed E-state index contributed by atoms with van der Waals surface area (Å²) in [5, 5.41) is 3.38. The fourth-order valence-electron chi connectivity index (χ4n) is 3.63. The fourth-order valence-corrected chi connectivity index (χ4v) is 3.63. The van der Waals surface area contributed by atoms with Crippen LogP contribution in [0.5, 0.6) is 0 Å². The number of allylic oxidation sites excluding steroid dienone is 2. The lowest BCUT2D eigenvalue weighted by molar-refractivity contribution is 0.276. The summed E-state index contributed by atoms with van der Waals surface area (Å²) in [6.45, 7) is 10.6. The van der Waals surface area contributed by atoms with E-state index in [0.29, 0.717) is 11.8 Å². The molecule has 0 saturated heterocycles. The SMILES string of the molecule is C[C@@H]1C2=C(C=CNC2)c2ccccc2C(C)(C)[C@H]1C. The molecule has 100 valence electrons. The summed E-state index contributed by atoms with van der Waals surface area (Å²) < 4.78 is 0. The molecule has 0 fully saturated rings. The third-order valence-electron chi connectivity index (χ3n) is 5.36. The Morgan fingerprint density at radius 2 is 1.89 bits per heavy atom. The lowest BCUT2D eigenvalue weighted by Gasteiger charge is -2.36. The molecule has 3 rings (SSSR count). The zero-order valence-electron chi connectivity index (χ0n) is 12.3. The molecule has 0 unspecified atom stereocenters. The molecule has 2 atom stereocenters. The molecule has 0 bridgehead atoms. The van der Waals surface area contributed by atoms with Gasteiger partial charge in [-0.05, 0) is 51.8 Å². The molecule has 0 radical (unpaired) electrons. The van der Waals surface area contributed by atoms with Crippen molar-refractivity contribution in [3.8, 4) is 0 Å². The predicted octanol–water partition coefficient (Wildman–Crippen LogP) is 4.12. The van der Waals surface area contributed by atoms with Crippen LogP contribution in [0.3, 0.4) is 0 Å². The number of fused-ring (bicyclic) bond motifs is 2. The van der Waals surface area contributed by atoms with Gasteiger partial charge in [0.15, 0.2) is 0 Å². The highest BCUT2D eigenvalue weighted by Crippen LogP contribution is 2.47. The molecule has 19 heavy (non-hydrogen) atoms. The van der Waals surface area contributed by atoms with E-state index in [-0.39, 0.29) is 5.41 Å². The first-order valence-corrected chi connectivity index (χ1v) is 7.26. The van der Waals surface area contributed by atoms with Crippen LogP contribution in [0.2, 0.25) is 0 Å². The lowest BCUT2D eigenvalue weighted by Crippen LogP contribution is -2.32. The molecular weight excluding hydrogens is 230 g/mol. The van der Waals surface area contributed by atoms with E-state index in [1.165, 1.54) is 16.7 Å². The van der Waals surface area contributed by atoms with Crippen LogP contribution < -0.4 is 5.32 Å². The lowest BCUT2D eigenvalue weighted by atomic mass is 9.68. The van der Waals surface area contributed by atoms with Crippen LogP contribution in [0, 0.1) is 11.8 Å². The van der Waals surface area contributed by atoms with Gasteiger partial charge in [0, 0.05) is 6.54 Å². The van der Waals surface area contributed by atoms with Gasteiger partial charge in [0.05, 0.1) is 0 Å². The maximum atomic E-state index is 3.38. The van der Waals surface area contributed by atoms with Crippen LogP contribution in [0.1, 0.15) is 38.8 Å². The van der Waals surface area contributed by atoms with Gasteiger partial charge in [0.2, 0.25) is 0 Å². The molecule has 2 aliphatic rings. The number of nitrogens with one attached hydrogen (secondary N) is 1. The summed E-state index contributed by atoms with van der Waals surface area (Å²) in [5.74, 6) is 1.24. The molecule has 1 aliphatic heterocycles. The van der Waals surface area contributed by atoms with E-state index < -0.39 is 0 Å². The Morgan fingerprint density at radius 1 is 1.16 bits per heavy atom. The molecule has 0 saturated carbocycles. The summed E-state index contributed by atoms with van der Waals surface area (Å²) in [5.41, 5.74) is 6.14. The van der Waals surface area contributed by atoms with Gasteiger partial charge >= 0.3 is 0 Å². The molecule has 1 N–H and O–H groups in total. The highest BCUT2D eigenvalue weighted by atomic mass is 14.8. The second-order valence-corrected chi connectivity index (χ2v) is 6.50. The molecular formula is C18H23N. The molecule has 1 heteroatoms. The number of hydrogen-bond donors (Lipinski definition) is 1. The monoisotopic (exact) mass is 253 g/mol. The molecule has 1 aliphatic carbocycles. The van der Waals surface area contributed by atoms with Crippen LogP contribution in [0.25, 0.3) is 5.57 Å². The van der Waals surface area contributed by atoms with Gasteiger partial charge in [0.1, 0.15) is 0 Å². The normalized spacial score (nSPS) is 28.2. The second-order valence-electron chi connectivity index (χ2n) is 6.50. The van der Waals surface area contributed by atoms with E-state index in [2.05, 4.69) is 69.6 Å². The van der Waals surface area contributed by atoms with Crippen LogP contribution >= 0.6 is 0 Å². The highest BCUT2D eigenvalue weighted by molar-refractivity contribution is 5.81. The molecule has 1 nitrogen and oxygen atoms in total. The molecule has 0 amide bonds. The van der Waals surface area contributed by atoms with Gasteiger partial charge in [-0.3, -0.25) is 0 Å². The highest BCUT2D eigenvalue weighted by Gasteiger charge is 2.38. The topological polar surface area (TPSA) is 12.0 Å². The van der Waals surface area contributed by atoms with Gasteiger partial charge in [0.25, 0.3) is 0 Å². The smallest absolute Gasteiger partial charge is 0.0366 e. The average molecular weight is 253 g/mol. The van der Waals surface area contributed by atoms with Crippen molar-refractivity contribution in [1.29, 1.82) is 0 Å². The van der Waals surface area contributed by atoms with E-state index >= 15 is 0 Å². The van der Waals surface area contributed by atoms with Crippen LogP contribution in [0.15, 0.2) is 42.1 Å². The maximum absolute atomic E-state index is 3.38. The number of benzene rings is 1. The maximum Gasteiger partial charge on any atom is 0.0366 e. The zero-order valence-corrected chi connectivity index (χ0v) is 12.3. The van der Waals surface area contributed by atoms with Crippen LogP contribution in [-0.2, 0) is 5.41 Å². The van der Waals surface area contributed by atoms with Gasteiger partial charge in [-0.2, -0.15) is 0 Å². The second kappa shape index (κ2) is 4.26. The van der Waals surface area contributed by atoms with Crippen molar-refractivity contribution in [2.45, 2.75) is 33.1 Å². The Morgan fingerprint density at radius 3 is 2.68 bits per heavy atom. The fraction of sp³-hybridized carbons (Fsp3) is 0.444. The van der Waals surface area contributed by atoms with E-state index in [9.17, 15) is 0 Å². The van der Waals surface area contributed by atoms with E-state index in [0.717, 1.165) is 6.54 Å². The van der Waals surface area contributed by atoms with Crippen molar-refractivity contribution in [2.75, 3.05) is 6.54 Å². The van der Waals surface area contributed by atoms with Gasteiger partial charge < -0.3 is 5.32 Å². The minimum Gasteiger partial charge on any atom is -0.387 e. The van der Waals surface area contributed by atoms with Gasteiger partial charge in [-0.15, -0.1) is 0 Å². The predicted molar refractivity (Wildman–Crippen MR) is 81.9 cm³/mol. The van der Waals surface area contributed by atoms with E-state index in [1.54, 1.807) is 5.57 Å². The number of rotatable bonds is 0. The van der Waals surface area contributed by atoms with E-state index in [1.807, 2.05) is 0 Å². The largest absolute Gasteiger partial charge is 0.387 e. The van der Waals surface area contributed by atoms with Gasteiger partial charge in [-0.1, -0.05) is 52.0 Å². The summed E-state index contributed by atoms with van der Waals surface area (Å²) in [7, 11) is 0. The Balaban J connectivity index is 2.30. The summed E-state index contributed by atoms with van der Waals surface area (Å²) in [6.07, 6.45) is 4.34. The van der Waals surface area contributed by atoms with Gasteiger partial charge in [-0.25, -0.2) is 0 Å². The summed E-state index contributed by atoms with van der Waals surface area (Å²) in [4.78, 5) is 0. The zero-order chi connectivity index (χ0) is 13.6. The van der Waals surface area contributed by atoms with Crippen molar-refractivity contribution >= 4 is 5.57 Å². The Kier molecular flexibility index (Phi) is 2.81. The third-order valence-corrected chi connectivity index (χ3v) is 5.36. The minimum absolute atomic E-state index is 0.210. The van der Waals surface area contributed by atoms with Crippen molar-refractivity contribution in [2.24, 2.45) is 11.8 Å². The first-order valence-electron chi connectivity index (χ1n) is 7.26. The summed E-state index contributed by atoms with van der Waals surface area (Å²) >= 11 is 0. The van der Waals surface area contributed by atoms with Crippen molar-refractivity contribution < 1.29 is 0 Å². The molecule has 1 aromatic rings. The van der Waals surface area contributed by atoms with E-state index in [4.69, 9.17) is 0 Å². The van der Waals surface area contributed by atoms with Crippen molar-refractivity contribution in [3.63, 3.8) is 0 Å². The third kappa shape index (κ3) is 1.75. The quantitative estimate of drug-likeness (QED) is 0.733. The average Bonchev–Trinajstić information content (AvgIpc) is 2.50. The standard InChI is InChI=1S/C18H23N/c1-12-13(2)18(3,4)17-8-6-5-7-15(17)14-9-10-19-11-16(12)14/h5-10,12-13,19H,11H2,1-4H3/t12-,13-/m0/s1. The van der Waals surface area contributed by atoms with Crippen LogP contribution in [-0.4, -0.2) is 6.54 Å². The molecule has 1 aromatic carbocycles. The first-order chi connectivity index (χ1) is 9.03. The molecule has 1 heterocycles. The summed E-state index contributed by atoms with van der Waals surface area (Å²) in [6, 6.07) is 8.93. The number of dihydropyridines is 1. The molecule has 0 spiro atoms. The number of hydrogen-bond acceptors (Lipinski definition) is 1. The minimum atomic E-state index is 0.210. The Hall–Kier alpha value is -1.50. The Bertz CT molecular complexity index is 563.